The first-order valence-corrected chi connectivity index (χ1v) is 8.47. The minimum absolute atomic E-state index is 0.522. The smallest absolute Gasteiger partial charge is 0.161 e. The van der Waals surface area contributed by atoms with Gasteiger partial charge < -0.3 is 0 Å². The summed E-state index contributed by atoms with van der Waals surface area (Å²) in [5.41, 5.74) is 2.06. The van der Waals surface area contributed by atoms with E-state index in [2.05, 4.69) is 27.6 Å². The van der Waals surface area contributed by atoms with Gasteiger partial charge >= 0.3 is 0 Å². The molecule has 1 aromatic heterocycles. The summed E-state index contributed by atoms with van der Waals surface area (Å²) in [6, 6.07) is 7.56. The maximum Gasteiger partial charge on any atom is 0.161 e. The third kappa shape index (κ3) is 2.95. The van der Waals surface area contributed by atoms with Gasteiger partial charge in [0.25, 0.3) is 0 Å². The predicted octanol–water partition coefficient (Wildman–Crippen LogP) is 5.71. The Morgan fingerprint density at radius 2 is 1.65 bits per heavy atom. The van der Waals surface area contributed by atoms with E-state index in [1.165, 1.54) is 25.7 Å². The lowest BCUT2D eigenvalue weighted by atomic mass is 10.0. The fourth-order valence-electron chi connectivity index (χ4n) is 2.63. The molecule has 1 fully saturated rings. The second-order valence-corrected chi connectivity index (χ2v) is 6.90. The molecule has 3 rings (SSSR count). The van der Waals surface area contributed by atoms with Crippen LogP contribution in [0, 0.1) is 3.57 Å². The van der Waals surface area contributed by atoms with E-state index >= 15 is 0 Å². The Morgan fingerprint density at radius 1 is 1.00 bits per heavy atom. The topological polar surface area (TPSA) is 25.8 Å². The van der Waals surface area contributed by atoms with Crippen LogP contribution < -0.4 is 0 Å². The lowest BCUT2D eigenvalue weighted by Gasteiger charge is -2.13. The molecule has 0 atom stereocenters. The molecule has 0 bridgehead atoms. The van der Waals surface area contributed by atoms with Crippen LogP contribution in [0.15, 0.2) is 24.3 Å². The van der Waals surface area contributed by atoms with E-state index in [1.54, 1.807) is 0 Å². The van der Waals surface area contributed by atoms with Gasteiger partial charge in [0.2, 0.25) is 0 Å². The lowest BCUT2D eigenvalue weighted by Crippen LogP contribution is -2.04. The Bertz CT molecular complexity index is 623. The number of hydrogen-bond acceptors (Lipinski definition) is 2. The van der Waals surface area contributed by atoms with Crippen molar-refractivity contribution in [3.8, 4) is 11.4 Å². The number of halogens is 3. The highest BCUT2D eigenvalue weighted by Crippen LogP contribution is 2.37. The van der Waals surface area contributed by atoms with Crippen molar-refractivity contribution in [2.24, 2.45) is 0 Å². The normalized spacial score (nSPS) is 15.8. The van der Waals surface area contributed by atoms with Crippen molar-refractivity contribution in [3.05, 3.63) is 43.7 Å². The molecule has 0 spiro atoms. The predicted molar refractivity (Wildman–Crippen MR) is 91.4 cm³/mol. The molecule has 2 nitrogen and oxygen atoms in total. The van der Waals surface area contributed by atoms with E-state index in [9.17, 15) is 0 Å². The monoisotopic (exact) mass is 418 g/mol. The quantitative estimate of drug-likeness (QED) is 0.460. The summed E-state index contributed by atoms with van der Waals surface area (Å²) in [6.07, 6.45) is 4.95. The van der Waals surface area contributed by atoms with Gasteiger partial charge in [0, 0.05) is 16.5 Å². The summed E-state index contributed by atoms with van der Waals surface area (Å²) in [5.74, 6) is 1.21. The summed E-state index contributed by atoms with van der Waals surface area (Å²) in [4.78, 5) is 9.18. The van der Waals surface area contributed by atoms with E-state index in [0.717, 1.165) is 14.8 Å². The van der Waals surface area contributed by atoms with Gasteiger partial charge in [-0.1, -0.05) is 36.0 Å². The van der Waals surface area contributed by atoms with Crippen LogP contribution in [0.3, 0.4) is 0 Å². The zero-order chi connectivity index (χ0) is 14.1. The summed E-state index contributed by atoms with van der Waals surface area (Å²) in [7, 11) is 0. The summed E-state index contributed by atoms with van der Waals surface area (Å²) >= 11 is 14.5. The van der Waals surface area contributed by atoms with Gasteiger partial charge in [-0.25, -0.2) is 9.97 Å². The van der Waals surface area contributed by atoms with Gasteiger partial charge in [0.05, 0.1) is 9.26 Å². The van der Waals surface area contributed by atoms with Crippen molar-refractivity contribution in [1.82, 2.24) is 9.97 Å². The van der Waals surface area contributed by atoms with Gasteiger partial charge in [-0.3, -0.25) is 0 Å². The van der Waals surface area contributed by atoms with Crippen LogP contribution >= 0.6 is 45.8 Å². The average molecular weight is 419 g/mol. The van der Waals surface area contributed by atoms with Crippen molar-refractivity contribution < 1.29 is 0 Å². The third-order valence-corrected chi connectivity index (χ3v) is 5.59. The first-order chi connectivity index (χ1) is 9.65. The molecule has 20 heavy (non-hydrogen) atoms. The fourth-order valence-corrected chi connectivity index (χ4v) is 3.62. The standard InChI is InChI=1S/C15H13Cl2IN2/c16-11-7-5-10(6-8-11)15-19-13(9-3-1-2-4-9)12(18)14(17)20-15/h5-9H,1-4H2. The molecule has 1 aromatic carbocycles. The Hall–Kier alpha value is -0.390. The molecule has 0 aliphatic heterocycles. The highest BCUT2D eigenvalue weighted by atomic mass is 127. The van der Waals surface area contributed by atoms with Gasteiger partial charge in [0.15, 0.2) is 5.82 Å². The van der Waals surface area contributed by atoms with Crippen molar-refractivity contribution >= 4 is 45.8 Å². The highest BCUT2D eigenvalue weighted by molar-refractivity contribution is 14.1. The fraction of sp³-hybridized carbons (Fsp3) is 0.333. The first-order valence-electron chi connectivity index (χ1n) is 6.64. The van der Waals surface area contributed by atoms with Gasteiger partial charge in [-0.2, -0.15) is 0 Å². The maximum atomic E-state index is 6.29. The molecule has 0 N–H and O–H groups in total. The van der Waals surface area contributed by atoms with Crippen molar-refractivity contribution in [2.45, 2.75) is 31.6 Å². The summed E-state index contributed by atoms with van der Waals surface area (Å²) in [6.45, 7) is 0. The van der Waals surface area contributed by atoms with Crippen LogP contribution in [0.4, 0.5) is 0 Å². The molecule has 0 saturated heterocycles. The second kappa shape index (κ2) is 6.16. The molecule has 0 radical (unpaired) electrons. The maximum absolute atomic E-state index is 6.29. The summed E-state index contributed by atoms with van der Waals surface area (Å²) in [5, 5.41) is 1.26. The van der Waals surface area contributed by atoms with Gasteiger partial charge in [-0.05, 0) is 59.7 Å². The first kappa shape index (κ1) is 14.5. The molecular formula is C15H13Cl2IN2. The third-order valence-electron chi connectivity index (χ3n) is 3.68. The van der Waals surface area contributed by atoms with Gasteiger partial charge in [-0.15, -0.1) is 0 Å². The Kier molecular flexibility index (Phi) is 4.48. The number of aromatic nitrogens is 2. The van der Waals surface area contributed by atoms with E-state index in [1.807, 2.05) is 24.3 Å². The minimum Gasteiger partial charge on any atom is -0.232 e. The van der Waals surface area contributed by atoms with Crippen molar-refractivity contribution in [1.29, 1.82) is 0 Å². The number of hydrogen-bond donors (Lipinski definition) is 0. The molecular weight excluding hydrogens is 406 g/mol. The molecule has 0 amide bonds. The van der Waals surface area contributed by atoms with E-state index in [0.29, 0.717) is 21.9 Å². The van der Waals surface area contributed by atoms with Crippen molar-refractivity contribution in [3.63, 3.8) is 0 Å². The van der Waals surface area contributed by atoms with Crippen LogP contribution in [0.2, 0.25) is 10.2 Å². The Balaban J connectivity index is 2.05. The van der Waals surface area contributed by atoms with Crippen LogP contribution in [0.25, 0.3) is 11.4 Å². The lowest BCUT2D eigenvalue weighted by molar-refractivity contribution is 0.690. The number of nitrogens with zero attached hydrogens (tertiary/aromatic N) is 2. The molecule has 0 unspecified atom stereocenters. The largest absolute Gasteiger partial charge is 0.232 e. The van der Waals surface area contributed by atoms with E-state index in [4.69, 9.17) is 28.2 Å². The van der Waals surface area contributed by atoms with Crippen LogP contribution in [0.1, 0.15) is 37.3 Å². The average Bonchev–Trinajstić information content (AvgIpc) is 2.96. The van der Waals surface area contributed by atoms with Crippen LogP contribution in [0.5, 0.6) is 0 Å². The van der Waals surface area contributed by atoms with E-state index < -0.39 is 0 Å². The van der Waals surface area contributed by atoms with E-state index in [-0.39, 0.29) is 0 Å². The molecule has 1 heterocycles. The van der Waals surface area contributed by atoms with Gasteiger partial charge in [0.1, 0.15) is 5.15 Å². The molecule has 5 heteroatoms. The molecule has 104 valence electrons. The Labute approximate surface area is 142 Å². The molecule has 1 aliphatic carbocycles. The number of benzene rings is 1. The minimum atomic E-state index is 0.522. The molecule has 1 aliphatic rings. The molecule has 1 saturated carbocycles. The summed E-state index contributed by atoms with van der Waals surface area (Å²) < 4.78 is 0.994. The zero-order valence-electron chi connectivity index (χ0n) is 10.7. The van der Waals surface area contributed by atoms with Crippen LogP contribution in [-0.2, 0) is 0 Å². The second-order valence-electron chi connectivity index (χ2n) is 5.03. The number of rotatable bonds is 2. The SMILES string of the molecule is Clc1ccc(-c2nc(Cl)c(I)c(C3CCCC3)n2)cc1. The van der Waals surface area contributed by atoms with Crippen LogP contribution in [-0.4, -0.2) is 9.97 Å². The highest BCUT2D eigenvalue weighted by Gasteiger charge is 2.23. The Morgan fingerprint density at radius 3 is 2.30 bits per heavy atom. The molecule has 2 aromatic rings. The zero-order valence-corrected chi connectivity index (χ0v) is 14.4. The van der Waals surface area contributed by atoms with Crippen molar-refractivity contribution in [2.75, 3.05) is 0 Å².